The molecule has 0 bridgehead atoms. The molecule has 4 rings (SSSR count). The van der Waals surface area contributed by atoms with E-state index >= 15 is 0 Å². The minimum Gasteiger partial charge on any atom is -0.360 e. The highest BCUT2D eigenvalue weighted by Crippen LogP contribution is 2.30. The first-order valence-corrected chi connectivity index (χ1v) is 13.2. The van der Waals surface area contributed by atoms with E-state index in [0.29, 0.717) is 49.3 Å². The SMILES string of the molecule is Cc1noc(C)c1S(=O)(=O)N1CCC(C(=O)N2CCC(Cc3nncn3C(C)C)CC2)CC1. The monoisotopic (exact) mass is 478 g/mol. The van der Waals surface area contributed by atoms with Crippen LogP contribution in [0, 0.1) is 25.7 Å². The molecule has 2 aromatic heterocycles. The third-order valence-corrected chi connectivity index (χ3v) is 9.11. The molecule has 0 N–H and O–H groups in total. The molecule has 0 aliphatic carbocycles. The summed E-state index contributed by atoms with van der Waals surface area (Å²) in [7, 11) is -3.66. The number of nitrogens with zero attached hydrogens (tertiary/aromatic N) is 6. The third-order valence-electron chi connectivity index (χ3n) is 6.97. The highest BCUT2D eigenvalue weighted by atomic mass is 32.2. The van der Waals surface area contributed by atoms with Gasteiger partial charge in [-0.3, -0.25) is 4.79 Å². The summed E-state index contributed by atoms with van der Waals surface area (Å²) in [4.78, 5) is 15.2. The van der Waals surface area contributed by atoms with Gasteiger partial charge in [0.25, 0.3) is 0 Å². The summed E-state index contributed by atoms with van der Waals surface area (Å²) in [5.41, 5.74) is 0.375. The van der Waals surface area contributed by atoms with Crippen molar-refractivity contribution >= 4 is 15.9 Å². The molecule has 0 aromatic carbocycles. The predicted octanol–water partition coefficient (Wildman–Crippen LogP) is 2.35. The second-order valence-electron chi connectivity index (χ2n) is 9.55. The maximum absolute atomic E-state index is 13.1. The van der Waals surface area contributed by atoms with Crippen LogP contribution in [0.15, 0.2) is 15.7 Å². The number of carbonyl (C=O) groups is 1. The predicted molar refractivity (Wildman–Crippen MR) is 121 cm³/mol. The van der Waals surface area contributed by atoms with E-state index in [1.54, 1.807) is 20.2 Å². The maximum Gasteiger partial charge on any atom is 0.248 e. The topological polar surface area (TPSA) is 114 Å². The Morgan fingerprint density at radius 3 is 2.36 bits per heavy atom. The maximum atomic E-state index is 13.1. The fourth-order valence-electron chi connectivity index (χ4n) is 5.03. The van der Waals surface area contributed by atoms with Gasteiger partial charge in [-0.2, -0.15) is 4.31 Å². The molecule has 10 nitrogen and oxygen atoms in total. The minimum atomic E-state index is -3.66. The van der Waals surface area contributed by atoms with Gasteiger partial charge in [0.15, 0.2) is 5.76 Å². The lowest BCUT2D eigenvalue weighted by molar-refractivity contribution is -0.138. The summed E-state index contributed by atoms with van der Waals surface area (Å²) in [6.45, 7) is 9.66. The molecule has 0 radical (unpaired) electrons. The van der Waals surface area contributed by atoms with Crippen molar-refractivity contribution in [2.75, 3.05) is 26.2 Å². The number of aromatic nitrogens is 4. The van der Waals surface area contributed by atoms with Crippen LogP contribution in [0.2, 0.25) is 0 Å². The highest BCUT2D eigenvalue weighted by molar-refractivity contribution is 7.89. The van der Waals surface area contributed by atoms with Crippen LogP contribution in [0.25, 0.3) is 0 Å². The molecule has 2 aliphatic rings. The van der Waals surface area contributed by atoms with Gasteiger partial charge < -0.3 is 14.0 Å². The highest BCUT2D eigenvalue weighted by Gasteiger charge is 2.37. The van der Waals surface area contributed by atoms with E-state index in [1.165, 1.54) is 4.31 Å². The Morgan fingerprint density at radius 1 is 1.12 bits per heavy atom. The van der Waals surface area contributed by atoms with Gasteiger partial charge in [-0.15, -0.1) is 10.2 Å². The van der Waals surface area contributed by atoms with Crippen molar-refractivity contribution in [3.8, 4) is 0 Å². The Balaban J connectivity index is 1.29. The van der Waals surface area contributed by atoms with Crippen LogP contribution in [0.4, 0.5) is 0 Å². The summed E-state index contributed by atoms with van der Waals surface area (Å²) < 4.78 is 34.7. The zero-order valence-corrected chi connectivity index (χ0v) is 20.7. The van der Waals surface area contributed by atoms with E-state index in [-0.39, 0.29) is 16.7 Å². The normalized spacial score (nSPS) is 19.5. The minimum absolute atomic E-state index is 0.123. The average Bonchev–Trinajstić information content (AvgIpc) is 3.40. The van der Waals surface area contributed by atoms with Crippen LogP contribution in [-0.2, 0) is 21.2 Å². The zero-order valence-electron chi connectivity index (χ0n) is 19.9. The Morgan fingerprint density at radius 2 is 1.79 bits per heavy atom. The van der Waals surface area contributed by atoms with Crippen molar-refractivity contribution in [1.82, 2.24) is 29.1 Å². The summed E-state index contributed by atoms with van der Waals surface area (Å²) in [5, 5.41) is 12.1. The summed E-state index contributed by atoms with van der Waals surface area (Å²) >= 11 is 0. The molecule has 2 aromatic rings. The van der Waals surface area contributed by atoms with Crippen LogP contribution < -0.4 is 0 Å². The second-order valence-corrected chi connectivity index (χ2v) is 11.4. The summed E-state index contributed by atoms with van der Waals surface area (Å²) in [5.74, 6) is 1.86. The lowest BCUT2D eigenvalue weighted by Crippen LogP contribution is -2.46. The van der Waals surface area contributed by atoms with Crippen LogP contribution in [-0.4, -0.2) is 69.6 Å². The van der Waals surface area contributed by atoms with Crippen LogP contribution >= 0.6 is 0 Å². The summed E-state index contributed by atoms with van der Waals surface area (Å²) in [6, 6.07) is 0.337. The molecule has 2 saturated heterocycles. The fraction of sp³-hybridized carbons (Fsp3) is 0.727. The van der Waals surface area contributed by atoms with Gasteiger partial charge in [0.1, 0.15) is 22.7 Å². The molecule has 4 heterocycles. The number of aryl methyl sites for hydroxylation is 2. The van der Waals surface area contributed by atoms with Gasteiger partial charge >= 0.3 is 0 Å². The Kier molecular flexibility index (Phi) is 6.90. The van der Waals surface area contributed by atoms with Crippen LogP contribution in [0.1, 0.15) is 62.9 Å². The van der Waals surface area contributed by atoms with Crippen molar-refractivity contribution in [3.63, 3.8) is 0 Å². The molecular weight excluding hydrogens is 444 g/mol. The van der Waals surface area contributed by atoms with Crippen molar-refractivity contribution in [2.45, 2.75) is 70.7 Å². The largest absolute Gasteiger partial charge is 0.360 e. The standard InChI is InChI=1S/C22H34N6O4S/c1-15(2)28-14-23-24-20(28)13-18-5-9-26(10-6-18)22(29)19-7-11-27(12-8-19)33(30,31)21-16(3)25-32-17(21)4/h14-15,18-19H,5-13H2,1-4H3. The van der Waals surface area contributed by atoms with Crippen LogP contribution in [0.3, 0.4) is 0 Å². The number of likely N-dealkylation sites (tertiary alicyclic amines) is 1. The van der Waals surface area contributed by atoms with E-state index in [2.05, 4.69) is 33.8 Å². The number of hydrogen-bond donors (Lipinski definition) is 0. The molecule has 182 valence electrons. The van der Waals surface area contributed by atoms with Gasteiger partial charge in [-0.05, 0) is 59.3 Å². The van der Waals surface area contributed by atoms with Gasteiger partial charge in [0.2, 0.25) is 15.9 Å². The van der Waals surface area contributed by atoms with Crippen molar-refractivity contribution in [3.05, 3.63) is 23.6 Å². The third kappa shape index (κ3) is 4.84. The Labute approximate surface area is 195 Å². The quantitative estimate of drug-likeness (QED) is 0.626. The number of amides is 1. The first-order valence-electron chi connectivity index (χ1n) is 11.8. The lowest BCUT2D eigenvalue weighted by atomic mass is 9.90. The van der Waals surface area contributed by atoms with E-state index < -0.39 is 10.0 Å². The second kappa shape index (κ2) is 9.54. The van der Waals surface area contributed by atoms with E-state index in [4.69, 9.17) is 4.52 Å². The number of carbonyl (C=O) groups excluding carboxylic acids is 1. The number of sulfonamides is 1. The lowest BCUT2D eigenvalue weighted by Gasteiger charge is -2.37. The number of rotatable bonds is 6. The molecule has 11 heteroatoms. The van der Waals surface area contributed by atoms with Crippen LogP contribution in [0.5, 0.6) is 0 Å². The van der Waals surface area contributed by atoms with Gasteiger partial charge in [-0.25, -0.2) is 8.42 Å². The number of hydrogen-bond acceptors (Lipinski definition) is 7. The van der Waals surface area contributed by atoms with Crippen molar-refractivity contribution < 1.29 is 17.7 Å². The first kappa shape index (κ1) is 23.9. The van der Waals surface area contributed by atoms with Crippen molar-refractivity contribution in [2.24, 2.45) is 11.8 Å². The molecule has 0 unspecified atom stereocenters. The molecule has 2 aliphatic heterocycles. The molecule has 0 saturated carbocycles. The zero-order chi connectivity index (χ0) is 23.8. The van der Waals surface area contributed by atoms with E-state index in [9.17, 15) is 13.2 Å². The first-order chi connectivity index (χ1) is 15.7. The molecule has 0 spiro atoms. The van der Waals surface area contributed by atoms with Crippen molar-refractivity contribution in [1.29, 1.82) is 0 Å². The molecule has 2 fully saturated rings. The van der Waals surface area contributed by atoms with Gasteiger partial charge in [0, 0.05) is 44.6 Å². The molecular formula is C22H34N6O4S. The van der Waals surface area contributed by atoms with Gasteiger partial charge in [-0.1, -0.05) is 5.16 Å². The summed E-state index contributed by atoms with van der Waals surface area (Å²) in [6.07, 6.45) is 5.67. The Bertz CT molecular complexity index is 1060. The smallest absolute Gasteiger partial charge is 0.248 e. The molecule has 1 amide bonds. The fourth-order valence-corrected chi connectivity index (χ4v) is 6.79. The molecule has 0 atom stereocenters. The van der Waals surface area contributed by atoms with Gasteiger partial charge in [0.05, 0.1) is 0 Å². The number of piperidine rings is 2. The van der Waals surface area contributed by atoms with E-state index in [1.807, 2.05) is 4.90 Å². The Hall–Kier alpha value is -2.27. The molecule has 33 heavy (non-hydrogen) atoms. The van der Waals surface area contributed by atoms with E-state index in [0.717, 1.165) is 38.2 Å². The average molecular weight is 479 g/mol.